The highest BCUT2D eigenvalue weighted by Crippen LogP contribution is 2.32. The monoisotopic (exact) mass is 373 g/mol. The normalized spacial score (nSPS) is 11.5. The molecule has 0 bridgehead atoms. The highest BCUT2D eigenvalue weighted by atomic mass is 16.5. The van der Waals surface area contributed by atoms with Crippen LogP contribution < -0.4 is 10.1 Å². The fraction of sp³-hybridized carbons (Fsp3) is 0.240. The van der Waals surface area contributed by atoms with E-state index in [0.29, 0.717) is 12.1 Å². The number of aryl methyl sites for hydroxylation is 2. The molecule has 3 rings (SSSR count). The van der Waals surface area contributed by atoms with E-state index < -0.39 is 0 Å². The fourth-order valence-corrected chi connectivity index (χ4v) is 3.50. The molecule has 3 aromatic rings. The van der Waals surface area contributed by atoms with E-state index in [1.807, 2.05) is 31.2 Å². The highest BCUT2D eigenvalue weighted by Gasteiger charge is 2.09. The first kappa shape index (κ1) is 19.7. The molecule has 0 atom stereocenters. The number of hydrogen-bond acceptors (Lipinski definition) is 2. The van der Waals surface area contributed by atoms with E-state index in [1.54, 1.807) is 7.11 Å². The topological polar surface area (TPSA) is 38.3 Å². The molecule has 3 aromatic carbocycles. The Morgan fingerprint density at radius 2 is 1.68 bits per heavy atom. The van der Waals surface area contributed by atoms with E-state index in [2.05, 4.69) is 56.4 Å². The molecule has 1 N–H and O–H groups in total. The number of rotatable bonds is 5. The van der Waals surface area contributed by atoms with Gasteiger partial charge in [0.25, 0.3) is 5.91 Å². The van der Waals surface area contributed by atoms with E-state index in [9.17, 15) is 4.79 Å². The van der Waals surface area contributed by atoms with Gasteiger partial charge in [0, 0.05) is 12.1 Å². The lowest BCUT2D eigenvalue weighted by Gasteiger charge is -2.13. The Morgan fingerprint density at radius 1 is 1.00 bits per heavy atom. The maximum Gasteiger partial charge on any atom is 0.251 e. The molecule has 144 valence electrons. The number of amides is 1. The van der Waals surface area contributed by atoms with Gasteiger partial charge in [-0.05, 0) is 90.6 Å². The van der Waals surface area contributed by atoms with Crippen molar-refractivity contribution in [1.29, 1.82) is 0 Å². The van der Waals surface area contributed by atoms with E-state index in [-0.39, 0.29) is 5.91 Å². The third kappa shape index (κ3) is 3.94. The van der Waals surface area contributed by atoms with E-state index in [0.717, 1.165) is 16.9 Å². The molecule has 0 radical (unpaired) electrons. The van der Waals surface area contributed by atoms with Crippen LogP contribution in [0, 0.1) is 13.8 Å². The fourth-order valence-electron chi connectivity index (χ4n) is 3.50. The molecule has 0 heterocycles. The van der Waals surface area contributed by atoms with Crippen LogP contribution in [0.5, 0.6) is 5.75 Å². The van der Waals surface area contributed by atoms with Gasteiger partial charge in [-0.1, -0.05) is 30.3 Å². The molecule has 0 fully saturated rings. The summed E-state index contributed by atoms with van der Waals surface area (Å²) in [6.07, 6.45) is 2.15. The maximum absolute atomic E-state index is 11.9. The summed E-state index contributed by atoms with van der Waals surface area (Å²) >= 11 is 0. The molecule has 28 heavy (non-hydrogen) atoms. The summed E-state index contributed by atoms with van der Waals surface area (Å²) in [4.78, 5) is 11.9. The van der Waals surface area contributed by atoms with Crippen LogP contribution in [0.15, 0.2) is 48.5 Å². The summed E-state index contributed by atoms with van der Waals surface area (Å²) in [5, 5.41) is 5.29. The summed E-state index contributed by atoms with van der Waals surface area (Å²) in [5.74, 6) is 0.891. The standard InChI is InChI=1S/C25H27NO2/c1-6-26-25(27)20-9-7-19(8-10-20)13-16(2)21-11-12-22-18(4)24(28-5)14-17(3)23(22)15-21/h7-15H,6H2,1-5H3,(H,26,27). The second kappa shape index (κ2) is 8.30. The Labute approximate surface area is 167 Å². The van der Waals surface area contributed by atoms with Gasteiger partial charge in [0.15, 0.2) is 0 Å². The quantitative estimate of drug-likeness (QED) is 0.576. The van der Waals surface area contributed by atoms with Gasteiger partial charge in [0.2, 0.25) is 0 Å². The van der Waals surface area contributed by atoms with Crippen molar-refractivity contribution in [2.75, 3.05) is 13.7 Å². The van der Waals surface area contributed by atoms with Crippen molar-refractivity contribution in [3.63, 3.8) is 0 Å². The number of benzene rings is 3. The molecule has 0 saturated carbocycles. The van der Waals surface area contributed by atoms with Crippen molar-refractivity contribution in [2.24, 2.45) is 0 Å². The summed E-state index contributed by atoms with van der Waals surface area (Å²) in [6.45, 7) is 8.88. The molecule has 3 nitrogen and oxygen atoms in total. The smallest absolute Gasteiger partial charge is 0.251 e. The van der Waals surface area contributed by atoms with Crippen molar-refractivity contribution in [2.45, 2.75) is 27.7 Å². The second-order valence-corrected chi connectivity index (χ2v) is 7.09. The molecule has 1 amide bonds. The molecular weight excluding hydrogens is 346 g/mol. The Morgan fingerprint density at radius 3 is 2.32 bits per heavy atom. The van der Waals surface area contributed by atoms with Crippen molar-refractivity contribution >= 4 is 28.3 Å². The summed E-state index contributed by atoms with van der Waals surface area (Å²) in [6, 6.07) is 16.4. The zero-order valence-electron chi connectivity index (χ0n) is 17.2. The minimum Gasteiger partial charge on any atom is -0.496 e. The molecule has 0 saturated heterocycles. The first-order chi connectivity index (χ1) is 13.4. The number of nitrogens with one attached hydrogen (secondary N) is 1. The van der Waals surface area contributed by atoms with E-state index >= 15 is 0 Å². The number of fused-ring (bicyclic) bond motifs is 1. The van der Waals surface area contributed by atoms with Gasteiger partial charge in [0.05, 0.1) is 7.11 Å². The van der Waals surface area contributed by atoms with Crippen LogP contribution in [0.25, 0.3) is 22.4 Å². The van der Waals surface area contributed by atoms with Crippen molar-refractivity contribution in [3.8, 4) is 5.75 Å². The van der Waals surface area contributed by atoms with Crippen LogP contribution >= 0.6 is 0 Å². The number of carbonyl (C=O) groups is 1. The minimum atomic E-state index is -0.0365. The first-order valence-corrected chi connectivity index (χ1v) is 9.59. The molecule has 0 aliphatic heterocycles. The Hall–Kier alpha value is -3.07. The summed E-state index contributed by atoms with van der Waals surface area (Å²) in [7, 11) is 1.71. The number of ether oxygens (including phenoxy) is 1. The predicted octanol–water partition coefficient (Wildman–Crippen LogP) is 5.78. The van der Waals surface area contributed by atoms with Gasteiger partial charge < -0.3 is 10.1 Å². The second-order valence-electron chi connectivity index (χ2n) is 7.09. The number of hydrogen-bond donors (Lipinski definition) is 1. The van der Waals surface area contributed by atoms with E-state index in [4.69, 9.17) is 4.74 Å². The van der Waals surface area contributed by atoms with Gasteiger partial charge in [-0.15, -0.1) is 0 Å². The van der Waals surface area contributed by atoms with Crippen LogP contribution in [0.1, 0.15) is 46.5 Å². The molecule has 0 aliphatic carbocycles. The average molecular weight is 373 g/mol. The zero-order valence-corrected chi connectivity index (χ0v) is 17.2. The van der Waals surface area contributed by atoms with Crippen LogP contribution in [-0.2, 0) is 0 Å². The lowest BCUT2D eigenvalue weighted by atomic mass is 9.95. The molecular formula is C25H27NO2. The van der Waals surface area contributed by atoms with Crippen molar-refractivity contribution < 1.29 is 9.53 Å². The van der Waals surface area contributed by atoms with E-state index in [1.165, 1.54) is 27.5 Å². The first-order valence-electron chi connectivity index (χ1n) is 9.59. The zero-order chi connectivity index (χ0) is 20.3. The predicted molar refractivity (Wildman–Crippen MR) is 118 cm³/mol. The SMILES string of the molecule is CCNC(=O)c1ccc(C=C(C)c2ccc3c(C)c(OC)cc(C)c3c2)cc1. The van der Waals surface area contributed by atoms with Crippen LogP contribution in [0.3, 0.4) is 0 Å². The average Bonchev–Trinajstić information content (AvgIpc) is 2.71. The van der Waals surface area contributed by atoms with Gasteiger partial charge >= 0.3 is 0 Å². The molecule has 0 unspecified atom stereocenters. The number of allylic oxidation sites excluding steroid dienone is 1. The Balaban J connectivity index is 1.93. The Bertz CT molecular complexity index is 1050. The third-order valence-corrected chi connectivity index (χ3v) is 5.13. The highest BCUT2D eigenvalue weighted by molar-refractivity contribution is 5.95. The van der Waals surface area contributed by atoms with Gasteiger partial charge in [-0.3, -0.25) is 4.79 Å². The summed E-state index contributed by atoms with van der Waals surface area (Å²) < 4.78 is 5.49. The van der Waals surface area contributed by atoms with Gasteiger partial charge in [-0.2, -0.15) is 0 Å². The van der Waals surface area contributed by atoms with Crippen LogP contribution in [0.4, 0.5) is 0 Å². The molecule has 0 aliphatic rings. The van der Waals surface area contributed by atoms with Crippen LogP contribution in [-0.4, -0.2) is 19.6 Å². The number of methoxy groups -OCH3 is 1. The molecule has 0 aromatic heterocycles. The number of carbonyl (C=O) groups excluding carboxylic acids is 1. The van der Waals surface area contributed by atoms with Gasteiger partial charge in [-0.25, -0.2) is 0 Å². The van der Waals surface area contributed by atoms with Gasteiger partial charge in [0.1, 0.15) is 5.75 Å². The maximum atomic E-state index is 11.9. The summed E-state index contributed by atoms with van der Waals surface area (Å²) in [5.41, 5.74) is 6.50. The van der Waals surface area contributed by atoms with Crippen LogP contribution in [0.2, 0.25) is 0 Å². The lowest BCUT2D eigenvalue weighted by molar-refractivity contribution is 0.0956. The molecule has 0 spiro atoms. The van der Waals surface area contributed by atoms with Crippen molar-refractivity contribution in [1.82, 2.24) is 5.32 Å². The minimum absolute atomic E-state index is 0.0365. The Kier molecular flexibility index (Phi) is 5.84. The van der Waals surface area contributed by atoms with Crippen molar-refractivity contribution in [3.05, 3.63) is 76.3 Å². The largest absolute Gasteiger partial charge is 0.496 e. The third-order valence-electron chi connectivity index (χ3n) is 5.13. The molecule has 3 heteroatoms. The lowest BCUT2D eigenvalue weighted by Crippen LogP contribution is -2.22.